The monoisotopic (exact) mass is 260 g/mol. The molecule has 4 nitrogen and oxygen atoms in total. The van der Waals surface area contributed by atoms with Crippen LogP contribution in [0.4, 0.5) is 0 Å². The van der Waals surface area contributed by atoms with Gasteiger partial charge in [-0.2, -0.15) is 0 Å². The first-order valence-corrected chi connectivity index (χ1v) is 8.54. The minimum absolute atomic E-state index is 0.157. The van der Waals surface area contributed by atoms with Gasteiger partial charge in [-0.15, -0.1) is 0 Å². The Balaban J connectivity index is 1.80. The topological polar surface area (TPSA) is 58.2 Å². The number of piperidine rings is 1. The highest BCUT2D eigenvalue weighted by Gasteiger charge is 2.24. The molecule has 100 valence electrons. The molecule has 0 amide bonds. The van der Waals surface area contributed by atoms with Crippen LogP contribution in [-0.4, -0.2) is 32.8 Å². The molecule has 1 aliphatic heterocycles. The molecule has 2 fully saturated rings. The second kappa shape index (κ2) is 6.16. The zero-order valence-electron chi connectivity index (χ0n) is 10.5. The van der Waals surface area contributed by atoms with E-state index in [1.807, 2.05) is 0 Å². The van der Waals surface area contributed by atoms with E-state index in [0.29, 0.717) is 0 Å². The van der Waals surface area contributed by atoms with Crippen LogP contribution in [0.1, 0.15) is 51.4 Å². The van der Waals surface area contributed by atoms with Gasteiger partial charge in [0.05, 0.1) is 5.75 Å². The fraction of sp³-hybridized carbons (Fsp3) is 1.00. The van der Waals surface area contributed by atoms with Gasteiger partial charge in [-0.1, -0.05) is 25.7 Å². The maximum atomic E-state index is 12.0. The Morgan fingerprint density at radius 3 is 2.35 bits per heavy atom. The lowest BCUT2D eigenvalue weighted by atomic mass is 9.96. The fourth-order valence-electron chi connectivity index (χ4n) is 2.85. The summed E-state index contributed by atoms with van der Waals surface area (Å²) < 4.78 is 26.9. The average Bonchev–Trinajstić information content (AvgIpc) is 2.30. The second-order valence-electron chi connectivity index (χ2n) is 5.38. The maximum absolute atomic E-state index is 12.0. The Morgan fingerprint density at radius 1 is 1.00 bits per heavy atom. The molecule has 0 aromatic rings. The lowest BCUT2D eigenvalue weighted by Crippen LogP contribution is -2.45. The zero-order chi connectivity index (χ0) is 12.1. The molecule has 0 aromatic carbocycles. The summed E-state index contributed by atoms with van der Waals surface area (Å²) in [6, 6.07) is 0.349. The maximum Gasteiger partial charge on any atom is 0.213 e. The van der Waals surface area contributed by atoms with Crippen LogP contribution in [0.5, 0.6) is 0 Å². The number of hydrogen-bond donors (Lipinski definition) is 2. The van der Waals surface area contributed by atoms with Crippen molar-refractivity contribution in [2.75, 3.05) is 12.3 Å². The molecule has 1 saturated heterocycles. The molecule has 0 bridgehead atoms. The predicted molar refractivity (Wildman–Crippen MR) is 69.4 cm³/mol. The van der Waals surface area contributed by atoms with E-state index < -0.39 is 10.0 Å². The van der Waals surface area contributed by atoms with Crippen LogP contribution in [0.25, 0.3) is 0 Å². The van der Waals surface area contributed by atoms with Gasteiger partial charge < -0.3 is 5.32 Å². The van der Waals surface area contributed by atoms with E-state index in [-0.39, 0.29) is 17.8 Å². The molecule has 0 spiro atoms. The van der Waals surface area contributed by atoms with Gasteiger partial charge in [0.1, 0.15) is 0 Å². The van der Waals surface area contributed by atoms with Gasteiger partial charge in [0.25, 0.3) is 0 Å². The molecule has 1 aliphatic carbocycles. The quantitative estimate of drug-likeness (QED) is 0.803. The molecule has 5 heteroatoms. The van der Waals surface area contributed by atoms with Gasteiger partial charge in [0.15, 0.2) is 0 Å². The molecule has 1 unspecified atom stereocenters. The number of hydrogen-bond acceptors (Lipinski definition) is 3. The van der Waals surface area contributed by atoms with Crippen LogP contribution in [0, 0.1) is 0 Å². The number of rotatable bonds is 4. The molecule has 0 aromatic heterocycles. The van der Waals surface area contributed by atoms with Gasteiger partial charge in [-0.3, -0.25) is 0 Å². The van der Waals surface area contributed by atoms with Crippen molar-refractivity contribution in [3.05, 3.63) is 0 Å². The van der Waals surface area contributed by atoms with Gasteiger partial charge in [0.2, 0.25) is 10.0 Å². The molecule has 1 saturated carbocycles. The van der Waals surface area contributed by atoms with E-state index >= 15 is 0 Å². The van der Waals surface area contributed by atoms with E-state index in [2.05, 4.69) is 10.0 Å². The number of nitrogens with one attached hydrogen (secondary N) is 2. The third-order valence-electron chi connectivity index (χ3n) is 3.78. The van der Waals surface area contributed by atoms with Crippen molar-refractivity contribution in [1.29, 1.82) is 0 Å². The SMILES string of the molecule is O=S(=O)(CC1CCCCN1)NC1CCCCC1. The summed E-state index contributed by atoms with van der Waals surface area (Å²) in [6.45, 7) is 0.962. The van der Waals surface area contributed by atoms with Crippen molar-refractivity contribution in [1.82, 2.24) is 10.0 Å². The van der Waals surface area contributed by atoms with E-state index in [1.165, 1.54) is 12.8 Å². The highest BCUT2D eigenvalue weighted by Crippen LogP contribution is 2.18. The van der Waals surface area contributed by atoms with E-state index in [9.17, 15) is 8.42 Å². The average molecular weight is 260 g/mol. The van der Waals surface area contributed by atoms with Crippen LogP contribution < -0.4 is 10.0 Å². The first kappa shape index (κ1) is 13.3. The molecule has 1 heterocycles. The molecule has 0 radical (unpaired) electrons. The summed E-state index contributed by atoms with van der Waals surface area (Å²) >= 11 is 0. The van der Waals surface area contributed by atoms with Crippen LogP contribution in [0.2, 0.25) is 0 Å². The van der Waals surface area contributed by atoms with Crippen LogP contribution in [0.15, 0.2) is 0 Å². The first-order chi connectivity index (χ1) is 8.16. The van der Waals surface area contributed by atoms with E-state index in [1.54, 1.807) is 0 Å². The van der Waals surface area contributed by atoms with Crippen molar-refractivity contribution in [3.63, 3.8) is 0 Å². The molecular weight excluding hydrogens is 236 g/mol. The van der Waals surface area contributed by atoms with E-state index in [0.717, 1.165) is 45.1 Å². The molecule has 1 atom stereocenters. The summed E-state index contributed by atoms with van der Waals surface area (Å²) in [5.41, 5.74) is 0. The third kappa shape index (κ3) is 4.56. The third-order valence-corrected chi connectivity index (χ3v) is 5.32. The van der Waals surface area contributed by atoms with Crippen molar-refractivity contribution in [2.24, 2.45) is 0 Å². The second-order valence-corrected chi connectivity index (χ2v) is 7.18. The minimum Gasteiger partial charge on any atom is -0.313 e. The lowest BCUT2D eigenvalue weighted by molar-refractivity contribution is 0.401. The molecule has 2 aliphatic rings. The Labute approximate surface area is 105 Å². The van der Waals surface area contributed by atoms with Gasteiger partial charge in [-0.25, -0.2) is 13.1 Å². The Kier molecular flexibility index (Phi) is 4.82. The Hall–Kier alpha value is -0.130. The smallest absolute Gasteiger partial charge is 0.213 e. The molecule has 2 rings (SSSR count). The highest BCUT2D eigenvalue weighted by atomic mass is 32.2. The van der Waals surface area contributed by atoms with Crippen molar-refractivity contribution < 1.29 is 8.42 Å². The highest BCUT2D eigenvalue weighted by molar-refractivity contribution is 7.89. The fourth-order valence-corrected chi connectivity index (χ4v) is 4.51. The van der Waals surface area contributed by atoms with Crippen LogP contribution in [0.3, 0.4) is 0 Å². The van der Waals surface area contributed by atoms with Crippen LogP contribution in [-0.2, 0) is 10.0 Å². The largest absolute Gasteiger partial charge is 0.313 e. The van der Waals surface area contributed by atoms with Crippen molar-refractivity contribution in [3.8, 4) is 0 Å². The normalized spacial score (nSPS) is 28.1. The summed E-state index contributed by atoms with van der Waals surface area (Å²) in [7, 11) is -3.09. The summed E-state index contributed by atoms with van der Waals surface area (Å²) in [4.78, 5) is 0. The number of sulfonamides is 1. The van der Waals surface area contributed by atoms with E-state index in [4.69, 9.17) is 0 Å². The Bertz CT molecular complexity index is 291. The van der Waals surface area contributed by atoms with Gasteiger partial charge >= 0.3 is 0 Å². The summed E-state index contributed by atoms with van der Waals surface area (Å²) in [6.07, 6.45) is 8.91. The van der Waals surface area contributed by atoms with Gasteiger partial charge in [0, 0.05) is 12.1 Å². The Morgan fingerprint density at radius 2 is 1.71 bits per heavy atom. The standard InChI is InChI=1S/C12H24N2O2S/c15-17(16,10-12-8-4-5-9-13-12)14-11-6-2-1-3-7-11/h11-14H,1-10H2. The molecule has 2 N–H and O–H groups in total. The summed E-state index contributed by atoms with van der Waals surface area (Å²) in [5.74, 6) is 0.253. The predicted octanol–water partition coefficient (Wildman–Crippen LogP) is 1.38. The molecule has 17 heavy (non-hydrogen) atoms. The zero-order valence-corrected chi connectivity index (χ0v) is 11.3. The van der Waals surface area contributed by atoms with Crippen molar-refractivity contribution >= 4 is 10.0 Å². The summed E-state index contributed by atoms with van der Waals surface area (Å²) in [5, 5.41) is 3.29. The first-order valence-electron chi connectivity index (χ1n) is 6.89. The van der Waals surface area contributed by atoms with Crippen molar-refractivity contribution in [2.45, 2.75) is 63.5 Å². The van der Waals surface area contributed by atoms with Gasteiger partial charge in [-0.05, 0) is 32.2 Å². The minimum atomic E-state index is -3.09. The molecular formula is C12H24N2O2S. The lowest BCUT2D eigenvalue weighted by Gasteiger charge is -2.26. The van der Waals surface area contributed by atoms with Crippen LogP contribution >= 0.6 is 0 Å².